The van der Waals surface area contributed by atoms with Crippen molar-refractivity contribution in [1.29, 1.82) is 0 Å². The van der Waals surface area contributed by atoms with E-state index in [9.17, 15) is 24.3 Å². The van der Waals surface area contributed by atoms with Gasteiger partial charge in [-0.2, -0.15) is 0 Å². The third-order valence-corrected chi connectivity index (χ3v) is 5.59. The Labute approximate surface area is 230 Å². The molecule has 184 valence electrons. The first-order chi connectivity index (χ1) is 16.7. The number of hydrogen-bond acceptors (Lipinski definition) is 7. The van der Waals surface area contributed by atoms with Crippen LogP contribution in [0, 0.1) is 0 Å². The van der Waals surface area contributed by atoms with Crippen LogP contribution in [0.3, 0.4) is 0 Å². The summed E-state index contributed by atoms with van der Waals surface area (Å²) in [5, 5.41) is 16.3. The molecule has 0 saturated carbocycles. The molecule has 0 fully saturated rings. The number of urea groups is 1. The van der Waals surface area contributed by atoms with Crippen molar-refractivity contribution in [3.63, 3.8) is 0 Å². The molecule has 11 heteroatoms. The summed E-state index contributed by atoms with van der Waals surface area (Å²) in [7, 11) is 4.51. The topological polar surface area (TPSA) is 137 Å². The van der Waals surface area contributed by atoms with E-state index in [1.165, 1.54) is 39.3 Å². The molecule has 10 nitrogen and oxygen atoms in total. The van der Waals surface area contributed by atoms with E-state index in [0.717, 1.165) is 0 Å². The summed E-state index contributed by atoms with van der Waals surface area (Å²) in [5.74, 6) is -1.50. The number of hydrogen-bond donors (Lipinski definition) is 2. The van der Waals surface area contributed by atoms with Crippen molar-refractivity contribution in [2.45, 2.75) is 25.4 Å². The van der Waals surface area contributed by atoms with Gasteiger partial charge >= 0.3 is 35.6 Å². The van der Waals surface area contributed by atoms with Crippen LogP contribution in [0.25, 0.3) is 11.1 Å². The second kappa shape index (κ2) is 12.6. The Morgan fingerprint density at radius 2 is 1.81 bits per heavy atom. The minimum Gasteiger partial charge on any atom is -0.550 e. The maximum absolute atomic E-state index is 12.7. The number of carbonyl (C=O) groups is 4. The van der Waals surface area contributed by atoms with Crippen molar-refractivity contribution in [2.24, 2.45) is 0 Å². The van der Waals surface area contributed by atoms with E-state index in [2.05, 4.69) is 10.6 Å². The van der Waals surface area contributed by atoms with Crippen LogP contribution in [0.15, 0.2) is 54.2 Å². The minimum absolute atomic E-state index is 0. The third-order valence-electron chi connectivity index (χ3n) is 5.59. The number of ether oxygens (including phenoxy) is 2. The van der Waals surface area contributed by atoms with Gasteiger partial charge in [0.05, 0.1) is 20.3 Å². The zero-order valence-electron chi connectivity index (χ0n) is 20.8. The molecule has 1 heterocycles. The first-order valence-electron chi connectivity index (χ1n) is 10.7. The number of nitrogens with one attached hydrogen (secondary N) is 2. The summed E-state index contributed by atoms with van der Waals surface area (Å²) in [6, 6.07) is 8.98. The van der Waals surface area contributed by atoms with Crippen molar-refractivity contribution in [2.75, 3.05) is 21.3 Å². The predicted octanol–water partition coefficient (Wildman–Crippen LogP) is -1.83. The summed E-state index contributed by atoms with van der Waals surface area (Å²) < 4.78 is 10.8. The summed E-state index contributed by atoms with van der Waals surface area (Å²) >= 11 is 0. The van der Waals surface area contributed by atoms with E-state index in [1.54, 1.807) is 36.4 Å². The molecule has 0 saturated heterocycles. The van der Waals surface area contributed by atoms with Gasteiger partial charge in [0, 0.05) is 36.8 Å². The van der Waals surface area contributed by atoms with Crippen LogP contribution in [0.5, 0.6) is 11.5 Å². The van der Waals surface area contributed by atoms with Crippen LogP contribution >= 0.6 is 0 Å². The van der Waals surface area contributed by atoms with Gasteiger partial charge in [-0.25, -0.2) is 4.79 Å². The predicted molar refractivity (Wildman–Crippen MR) is 124 cm³/mol. The number of benzene rings is 2. The number of amides is 3. The van der Waals surface area contributed by atoms with Crippen molar-refractivity contribution in [3.05, 3.63) is 59.8 Å². The fourth-order valence-corrected chi connectivity index (χ4v) is 3.88. The number of likely N-dealkylation sites (N-methyl/N-ethyl adjacent to an activating group) is 1. The Balaban J connectivity index is 0.00000456. The van der Waals surface area contributed by atoms with E-state index in [-0.39, 0.29) is 29.6 Å². The van der Waals surface area contributed by atoms with E-state index in [1.807, 2.05) is 6.07 Å². The molecule has 3 rings (SSSR count). The van der Waals surface area contributed by atoms with Crippen LogP contribution in [0.2, 0.25) is 0 Å². The molecule has 1 unspecified atom stereocenters. The van der Waals surface area contributed by atoms with E-state index in [0.29, 0.717) is 33.8 Å². The monoisotopic (exact) mass is 503 g/mol. The van der Waals surface area contributed by atoms with Gasteiger partial charge in [-0.05, 0) is 30.2 Å². The molecule has 2 atom stereocenters. The van der Waals surface area contributed by atoms with Crippen molar-refractivity contribution < 1.29 is 63.3 Å². The van der Waals surface area contributed by atoms with Crippen LogP contribution in [0.4, 0.5) is 4.79 Å². The maximum Gasteiger partial charge on any atom is 1.00 e. The maximum atomic E-state index is 12.7. The molecule has 2 aromatic rings. The van der Waals surface area contributed by atoms with Crippen molar-refractivity contribution >= 4 is 23.7 Å². The molecular weight excluding hydrogens is 477 g/mol. The third kappa shape index (κ3) is 6.45. The van der Waals surface area contributed by atoms with E-state index in [4.69, 9.17) is 9.47 Å². The second-order valence-corrected chi connectivity index (χ2v) is 7.97. The summed E-state index contributed by atoms with van der Waals surface area (Å²) in [6.07, 6.45) is 0.857. The number of carboxylic acids is 1. The average Bonchev–Trinajstić information content (AvgIpc) is 2.84. The van der Waals surface area contributed by atoms with Crippen LogP contribution in [-0.2, 0) is 14.4 Å². The normalized spacial score (nSPS) is 15.8. The molecule has 0 spiro atoms. The first kappa shape index (κ1) is 28.9. The number of ketones is 1. The van der Waals surface area contributed by atoms with E-state index >= 15 is 0 Å². The SMILES string of the molecule is COc1cccc(-c2cccc([C@H](CC(=O)[O-])NC(=O)NC3C(=O)C(C)=CN(C)C3=O)c2)c1OC.[Na+]. The number of rotatable bonds is 8. The summed E-state index contributed by atoms with van der Waals surface area (Å²) in [4.78, 5) is 50.1. The fourth-order valence-electron chi connectivity index (χ4n) is 3.88. The standard InChI is InChI=1S/C25H27N3O7.Na/c1-14-13-28(2)24(32)21(22(14)31)27-25(33)26-18(12-20(29)30)16-8-5-7-15(11-16)17-9-6-10-19(34-3)23(17)35-4;/h5-11,13,18,21H,12H2,1-4H3,(H,29,30)(H2,26,27,33);/q;+1/p-1/t18-,21?;/m0./s1. The molecular formula is C25H26N3NaO7. The molecule has 0 aliphatic carbocycles. The van der Waals surface area contributed by atoms with Gasteiger partial charge in [-0.3, -0.25) is 9.59 Å². The Hall–Kier alpha value is -3.34. The van der Waals surface area contributed by atoms with Crippen LogP contribution in [-0.4, -0.2) is 55.9 Å². The number of para-hydroxylation sites is 1. The van der Waals surface area contributed by atoms with Gasteiger partial charge in [0.2, 0.25) is 0 Å². The Morgan fingerprint density at radius 3 is 2.44 bits per heavy atom. The molecule has 0 radical (unpaired) electrons. The number of methoxy groups -OCH3 is 2. The largest absolute Gasteiger partial charge is 1.00 e. The Kier molecular flexibility index (Phi) is 10.1. The summed E-state index contributed by atoms with van der Waals surface area (Å²) in [5.41, 5.74) is 2.18. The summed E-state index contributed by atoms with van der Waals surface area (Å²) in [6.45, 7) is 1.54. The zero-order chi connectivity index (χ0) is 25.7. The van der Waals surface area contributed by atoms with Crippen molar-refractivity contribution in [3.8, 4) is 22.6 Å². The van der Waals surface area contributed by atoms with Gasteiger partial charge in [-0.1, -0.05) is 30.3 Å². The van der Waals surface area contributed by atoms with Crippen LogP contribution in [0.1, 0.15) is 24.9 Å². The second-order valence-electron chi connectivity index (χ2n) is 7.97. The number of carboxylic acid groups (broad SMARTS) is 1. The molecule has 2 aromatic carbocycles. The Bertz CT molecular complexity index is 1200. The minimum atomic E-state index is -1.40. The quantitative estimate of drug-likeness (QED) is 0.319. The van der Waals surface area contributed by atoms with Crippen molar-refractivity contribution in [1.82, 2.24) is 15.5 Å². The average molecular weight is 503 g/mol. The first-order valence-corrected chi connectivity index (χ1v) is 10.7. The molecule has 0 bridgehead atoms. The molecule has 36 heavy (non-hydrogen) atoms. The zero-order valence-corrected chi connectivity index (χ0v) is 22.8. The fraction of sp³-hybridized carbons (Fsp3) is 0.280. The number of Topliss-reactive ketones (excluding diaryl/α,β-unsaturated/α-hetero) is 1. The molecule has 1 aliphatic heterocycles. The Morgan fingerprint density at radius 1 is 1.11 bits per heavy atom. The number of nitrogens with zero attached hydrogens (tertiary/aromatic N) is 1. The van der Waals surface area contributed by atoms with Gasteiger partial charge in [0.1, 0.15) is 0 Å². The molecule has 2 N–H and O–H groups in total. The van der Waals surface area contributed by atoms with Gasteiger partial charge in [-0.15, -0.1) is 0 Å². The smallest absolute Gasteiger partial charge is 0.550 e. The molecule has 1 aliphatic rings. The van der Waals surface area contributed by atoms with E-state index < -0.39 is 42.2 Å². The van der Waals surface area contributed by atoms with Gasteiger partial charge in [0.15, 0.2) is 23.3 Å². The van der Waals surface area contributed by atoms with Gasteiger partial charge < -0.3 is 34.9 Å². The molecule has 3 amide bonds. The molecule has 0 aromatic heterocycles. The van der Waals surface area contributed by atoms with Gasteiger partial charge in [0.25, 0.3) is 5.91 Å². The number of carbonyl (C=O) groups excluding carboxylic acids is 4. The van der Waals surface area contributed by atoms with Crippen LogP contribution < -0.4 is 54.8 Å². The number of aliphatic carboxylic acids is 1.